The molecule has 0 aliphatic carbocycles. The van der Waals surface area contributed by atoms with Crippen molar-refractivity contribution in [3.8, 4) is 17.0 Å². The molecule has 10 nitrogen and oxygen atoms in total. The van der Waals surface area contributed by atoms with Gasteiger partial charge in [-0.05, 0) is 81.2 Å². The van der Waals surface area contributed by atoms with E-state index in [1.165, 1.54) is 12.1 Å². The molecule has 0 aliphatic heterocycles. The number of hydrogen-bond donors (Lipinski definition) is 3. The van der Waals surface area contributed by atoms with Crippen molar-refractivity contribution >= 4 is 80.2 Å². The molecule has 0 saturated heterocycles. The van der Waals surface area contributed by atoms with Gasteiger partial charge in [0.2, 0.25) is 11.9 Å². The SMILES string of the molecule is C=CCOc1ccc(-c2nsc(C)c2C(=O)N(Cc2cc(Cl)c(NC(=O)CBr)c(Cl)c2)C(=N)NC(=O)OC(C)(C)C)cc1. The van der Waals surface area contributed by atoms with E-state index in [-0.39, 0.29) is 39.1 Å². The first-order chi connectivity index (χ1) is 20.2. The Morgan fingerprint density at radius 1 is 1.16 bits per heavy atom. The number of amides is 3. The van der Waals surface area contributed by atoms with Crippen molar-refractivity contribution in [3.63, 3.8) is 0 Å². The van der Waals surface area contributed by atoms with Crippen LogP contribution >= 0.6 is 50.7 Å². The number of carbonyl (C=O) groups is 3. The molecule has 3 aromatic rings. The third kappa shape index (κ3) is 9.27. The minimum absolute atomic E-state index is 0.0398. The van der Waals surface area contributed by atoms with E-state index in [4.69, 9.17) is 38.1 Å². The van der Waals surface area contributed by atoms with Gasteiger partial charge in [0.05, 0.1) is 38.9 Å². The summed E-state index contributed by atoms with van der Waals surface area (Å²) in [4.78, 5) is 40.3. The summed E-state index contributed by atoms with van der Waals surface area (Å²) in [5.41, 5.74) is 1.11. The van der Waals surface area contributed by atoms with Crippen LogP contribution in [0.3, 0.4) is 0 Å². The van der Waals surface area contributed by atoms with E-state index in [9.17, 15) is 14.4 Å². The van der Waals surface area contributed by atoms with Crippen LogP contribution in [0.25, 0.3) is 11.3 Å². The second kappa shape index (κ2) is 14.8. The molecule has 1 heterocycles. The van der Waals surface area contributed by atoms with Crippen LogP contribution in [0.4, 0.5) is 10.5 Å². The third-order valence-corrected chi connectivity index (χ3v) is 7.39. The zero-order chi connectivity index (χ0) is 31.9. The maximum atomic E-state index is 14.2. The van der Waals surface area contributed by atoms with Crippen LogP contribution in [0, 0.1) is 12.3 Å². The molecule has 0 spiro atoms. The van der Waals surface area contributed by atoms with E-state index in [1.54, 1.807) is 58.0 Å². The molecule has 0 unspecified atom stereocenters. The van der Waals surface area contributed by atoms with E-state index in [1.807, 2.05) is 0 Å². The van der Waals surface area contributed by atoms with Gasteiger partial charge in [0, 0.05) is 10.4 Å². The van der Waals surface area contributed by atoms with Crippen LogP contribution in [0.2, 0.25) is 10.0 Å². The number of carbonyl (C=O) groups excluding carboxylic acids is 3. The number of hydrogen-bond acceptors (Lipinski definition) is 8. The Hall–Kier alpha value is -3.45. The molecule has 3 N–H and O–H groups in total. The van der Waals surface area contributed by atoms with Crippen LogP contribution in [0.1, 0.15) is 41.6 Å². The Labute approximate surface area is 272 Å². The molecule has 1 aromatic heterocycles. The molecule has 3 rings (SSSR count). The summed E-state index contributed by atoms with van der Waals surface area (Å²) in [6.45, 7) is 10.6. The van der Waals surface area contributed by atoms with Crippen molar-refractivity contribution in [2.45, 2.75) is 39.8 Å². The third-order valence-electron chi connectivity index (χ3n) is 5.53. The monoisotopic (exact) mass is 709 g/mol. The molecule has 14 heteroatoms. The van der Waals surface area contributed by atoms with Crippen LogP contribution in [0.5, 0.6) is 5.75 Å². The maximum Gasteiger partial charge on any atom is 0.414 e. The average Bonchev–Trinajstić information content (AvgIpc) is 3.32. The molecule has 2 aromatic carbocycles. The zero-order valence-electron chi connectivity index (χ0n) is 23.8. The Balaban J connectivity index is 2.01. The smallest absolute Gasteiger partial charge is 0.414 e. The summed E-state index contributed by atoms with van der Waals surface area (Å²) >= 11 is 17.1. The Morgan fingerprint density at radius 2 is 1.79 bits per heavy atom. The summed E-state index contributed by atoms with van der Waals surface area (Å²) in [7, 11) is 0. The second-order valence-corrected chi connectivity index (χ2v) is 12.4. The standard InChI is InChI=1S/C29H30BrCl2N5O5S/c1-6-11-41-19-9-7-18(8-10-19)24-23(16(2)43-36-24)26(39)37(27(33)35-28(40)42-29(3,4)5)15-17-12-20(31)25(21(32)13-17)34-22(38)14-30/h6-10,12-13H,1,11,14-15H2,2-5H3,(H,34,38)(H2,33,35,40). The van der Waals surface area contributed by atoms with Crippen LogP contribution in [0.15, 0.2) is 49.1 Å². The van der Waals surface area contributed by atoms with Gasteiger partial charge < -0.3 is 14.8 Å². The molecule has 0 fully saturated rings. The highest BCUT2D eigenvalue weighted by atomic mass is 79.9. The number of benzene rings is 2. The number of guanidine groups is 1. The van der Waals surface area contributed by atoms with Gasteiger partial charge in [0.25, 0.3) is 5.91 Å². The first-order valence-electron chi connectivity index (χ1n) is 12.8. The number of rotatable bonds is 9. The fraction of sp³-hybridized carbons (Fsp3) is 0.276. The average molecular weight is 711 g/mol. The van der Waals surface area contributed by atoms with E-state index < -0.39 is 23.6 Å². The van der Waals surface area contributed by atoms with Crippen molar-refractivity contribution in [2.75, 3.05) is 17.3 Å². The number of alkyl carbamates (subject to hydrolysis) is 1. The normalized spacial score (nSPS) is 11.0. The summed E-state index contributed by atoms with van der Waals surface area (Å²) in [6.07, 6.45) is 0.728. The number of halogens is 3. The largest absolute Gasteiger partial charge is 0.490 e. The van der Waals surface area contributed by atoms with Crippen LogP contribution < -0.4 is 15.4 Å². The summed E-state index contributed by atoms with van der Waals surface area (Å²) in [5.74, 6) is -0.867. The number of aromatic nitrogens is 1. The second-order valence-electron chi connectivity index (χ2n) is 10.1. The number of nitrogens with zero attached hydrogens (tertiary/aromatic N) is 2. The van der Waals surface area contributed by atoms with Crippen LogP contribution in [-0.4, -0.2) is 50.7 Å². The lowest BCUT2D eigenvalue weighted by molar-refractivity contribution is -0.113. The number of aryl methyl sites for hydroxylation is 1. The number of anilines is 1. The Morgan fingerprint density at radius 3 is 2.35 bits per heavy atom. The van der Waals surface area contributed by atoms with Gasteiger partial charge in [-0.1, -0.05) is 51.8 Å². The van der Waals surface area contributed by atoms with Gasteiger partial charge in [-0.3, -0.25) is 25.2 Å². The molecule has 228 valence electrons. The molecule has 43 heavy (non-hydrogen) atoms. The highest BCUT2D eigenvalue weighted by molar-refractivity contribution is 9.09. The summed E-state index contributed by atoms with van der Waals surface area (Å²) in [6, 6.07) is 10.1. The van der Waals surface area contributed by atoms with Gasteiger partial charge in [-0.25, -0.2) is 4.79 Å². The van der Waals surface area contributed by atoms with E-state index in [0.29, 0.717) is 34.1 Å². The first-order valence-corrected chi connectivity index (χ1v) is 15.4. The quantitative estimate of drug-likeness (QED) is 0.0916. The van der Waals surface area contributed by atoms with Gasteiger partial charge in [0.15, 0.2) is 0 Å². The van der Waals surface area contributed by atoms with E-state index in [2.05, 4.69) is 37.5 Å². The van der Waals surface area contributed by atoms with Gasteiger partial charge in [-0.15, -0.1) is 0 Å². The molecule has 0 aliphatic rings. The lowest BCUT2D eigenvalue weighted by Crippen LogP contribution is -2.47. The zero-order valence-corrected chi connectivity index (χ0v) is 27.8. The highest BCUT2D eigenvalue weighted by Gasteiger charge is 2.30. The Kier molecular flexibility index (Phi) is 11.7. The maximum absolute atomic E-state index is 14.2. The molecule has 3 amide bonds. The lowest BCUT2D eigenvalue weighted by atomic mass is 10.0. The molecule has 0 bridgehead atoms. The fourth-order valence-electron chi connectivity index (χ4n) is 3.73. The number of nitrogens with one attached hydrogen (secondary N) is 3. The van der Waals surface area contributed by atoms with Crippen molar-refractivity contribution < 1.29 is 23.9 Å². The van der Waals surface area contributed by atoms with E-state index in [0.717, 1.165) is 16.4 Å². The van der Waals surface area contributed by atoms with Crippen molar-refractivity contribution in [1.29, 1.82) is 5.41 Å². The first kappa shape index (κ1) is 34.0. The van der Waals surface area contributed by atoms with Gasteiger partial charge in [0.1, 0.15) is 18.0 Å². The van der Waals surface area contributed by atoms with E-state index >= 15 is 0 Å². The minimum atomic E-state index is -0.908. The highest BCUT2D eigenvalue weighted by Crippen LogP contribution is 2.34. The molecular formula is C29H30BrCl2N5O5S. The van der Waals surface area contributed by atoms with Gasteiger partial charge in [-0.2, -0.15) is 4.37 Å². The van der Waals surface area contributed by atoms with Crippen molar-refractivity contribution in [3.05, 3.63) is 75.1 Å². The number of alkyl halides is 1. The minimum Gasteiger partial charge on any atom is -0.490 e. The van der Waals surface area contributed by atoms with Crippen molar-refractivity contribution in [2.24, 2.45) is 0 Å². The predicted octanol–water partition coefficient (Wildman–Crippen LogP) is 7.43. The summed E-state index contributed by atoms with van der Waals surface area (Å²) < 4.78 is 15.3. The topological polar surface area (TPSA) is 134 Å². The predicted molar refractivity (Wildman–Crippen MR) is 174 cm³/mol. The van der Waals surface area contributed by atoms with Crippen LogP contribution in [-0.2, 0) is 16.1 Å². The lowest BCUT2D eigenvalue weighted by Gasteiger charge is -2.26. The number of ether oxygens (including phenoxy) is 2. The van der Waals surface area contributed by atoms with Gasteiger partial charge >= 0.3 is 6.09 Å². The Bertz CT molecular complexity index is 1520. The molecule has 0 radical (unpaired) electrons. The van der Waals surface area contributed by atoms with Crippen molar-refractivity contribution in [1.82, 2.24) is 14.6 Å². The summed E-state index contributed by atoms with van der Waals surface area (Å²) in [5, 5.41) is 13.9. The molecule has 0 atom stereocenters. The fourth-order valence-corrected chi connectivity index (χ4v) is 5.20. The molecule has 0 saturated carbocycles. The molecular weight excluding hydrogens is 681 g/mol.